The van der Waals surface area contributed by atoms with E-state index in [-0.39, 0.29) is 51.7 Å². The second-order valence-electron chi connectivity index (χ2n) is 8.52. The number of rotatable bonds is 7. The molecule has 1 aliphatic heterocycles. The van der Waals surface area contributed by atoms with Gasteiger partial charge in [-0.05, 0) is 49.4 Å². The SMILES string of the molecule is Cc1ccc(S(=O)(=O)N2CCN(C(=O)CN(c3ccc(Cl)c(Cl)c3)S(=O)(=O)c3ccccc3)CC2)cc1. The van der Waals surface area contributed by atoms with E-state index in [1.807, 2.05) is 6.92 Å². The van der Waals surface area contributed by atoms with Gasteiger partial charge >= 0.3 is 0 Å². The maximum atomic E-state index is 13.5. The summed E-state index contributed by atoms with van der Waals surface area (Å²) in [6, 6.07) is 18.7. The van der Waals surface area contributed by atoms with Gasteiger partial charge in [-0.25, -0.2) is 16.8 Å². The predicted molar refractivity (Wildman–Crippen MR) is 144 cm³/mol. The Kier molecular flexibility index (Phi) is 8.15. The van der Waals surface area contributed by atoms with E-state index >= 15 is 0 Å². The Balaban J connectivity index is 1.53. The molecule has 37 heavy (non-hydrogen) atoms. The summed E-state index contributed by atoms with van der Waals surface area (Å²) in [5, 5.41) is 0.398. The van der Waals surface area contributed by atoms with Crippen LogP contribution in [0.5, 0.6) is 0 Å². The van der Waals surface area contributed by atoms with Crippen molar-refractivity contribution in [2.75, 3.05) is 37.0 Å². The molecule has 0 radical (unpaired) electrons. The van der Waals surface area contributed by atoms with Crippen LogP contribution in [-0.2, 0) is 24.8 Å². The Labute approximate surface area is 227 Å². The summed E-state index contributed by atoms with van der Waals surface area (Å²) < 4.78 is 55.3. The minimum absolute atomic E-state index is 0.0166. The Bertz CT molecular complexity index is 1490. The zero-order chi connectivity index (χ0) is 26.8. The lowest BCUT2D eigenvalue weighted by Gasteiger charge is -2.35. The van der Waals surface area contributed by atoms with Gasteiger partial charge in [-0.3, -0.25) is 9.10 Å². The third-order valence-electron chi connectivity index (χ3n) is 6.05. The lowest BCUT2D eigenvalue weighted by atomic mass is 10.2. The first-order chi connectivity index (χ1) is 17.5. The number of piperazine rings is 1. The van der Waals surface area contributed by atoms with E-state index in [0.29, 0.717) is 0 Å². The van der Waals surface area contributed by atoms with Crippen LogP contribution in [0.2, 0.25) is 10.0 Å². The third kappa shape index (κ3) is 5.94. The number of carbonyl (C=O) groups is 1. The highest BCUT2D eigenvalue weighted by Crippen LogP contribution is 2.30. The van der Waals surface area contributed by atoms with Crippen molar-refractivity contribution in [2.24, 2.45) is 0 Å². The van der Waals surface area contributed by atoms with Crippen molar-refractivity contribution in [2.45, 2.75) is 16.7 Å². The molecule has 0 unspecified atom stereocenters. The summed E-state index contributed by atoms with van der Waals surface area (Å²) in [5.74, 6) is -0.460. The Hall–Kier alpha value is -2.63. The Morgan fingerprint density at radius 1 is 0.811 bits per heavy atom. The van der Waals surface area contributed by atoms with Crippen molar-refractivity contribution in [3.8, 4) is 0 Å². The van der Waals surface area contributed by atoms with Crippen LogP contribution in [0.25, 0.3) is 0 Å². The monoisotopic (exact) mass is 581 g/mol. The predicted octanol–water partition coefficient (Wildman–Crippen LogP) is 4.03. The molecule has 1 aliphatic rings. The quantitative estimate of drug-likeness (QED) is 0.420. The van der Waals surface area contributed by atoms with Crippen LogP contribution in [0.1, 0.15) is 5.56 Å². The number of sulfonamides is 2. The molecular formula is C25H25Cl2N3O5S2. The molecule has 1 amide bonds. The molecule has 0 spiro atoms. The largest absolute Gasteiger partial charge is 0.338 e. The number of amides is 1. The highest BCUT2D eigenvalue weighted by Gasteiger charge is 2.33. The molecule has 0 aromatic heterocycles. The molecule has 4 rings (SSSR count). The van der Waals surface area contributed by atoms with E-state index < -0.39 is 32.5 Å². The molecule has 0 aliphatic carbocycles. The number of halogens is 2. The van der Waals surface area contributed by atoms with Gasteiger partial charge in [0.2, 0.25) is 15.9 Å². The van der Waals surface area contributed by atoms with Crippen LogP contribution < -0.4 is 4.31 Å². The second kappa shape index (κ2) is 11.0. The fourth-order valence-electron chi connectivity index (χ4n) is 3.93. The summed E-state index contributed by atoms with van der Waals surface area (Å²) in [6.07, 6.45) is 0. The second-order valence-corrected chi connectivity index (χ2v) is 13.1. The molecule has 3 aromatic rings. The number of carbonyl (C=O) groups excluding carboxylic acids is 1. The molecular weight excluding hydrogens is 557 g/mol. The zero-order valence-corrected chi connectivity index (χ0v) is 23.1. The number of benzene rings is 3. The van der Waals surface area contributed by atoms with Gasteiger partial charge in [-0.1, -0.05) is 59.1 Å². The van der Waals surface area contributed by atoms with Crippen LogP contribution in [-0.4, -0.2) is 64.7 Å². The number of anilines is 1. The van der Waals surface area contributed by atoms with Gasteiger partial charge in [-0.2, -0.15) is 4.31 Å². The van der Waals surface area contributed by atoms with Crippen molar-refractivity contribution >= 4 is 54.8 Å². The van der Waals surface area contributed by atoms with Gasteiger partial charge in [0.1, 0.15) is 6.54 Å². The Morgan fingerprint density at radius 3 is 2.03 bits per heavy atom. The van der Waals surface area contributed by atoms with Crippen LogP contribution in [0.15, 0.2) is 82.6 Å². The van der Waals surface area contributed by atoms with E-state index in [1.165, 1.54) is 39.5 Å². The van der Waals surface area contributed by atoms with Crippen LogP contribution >= 0.6 is 23.2 Å². The summed E-state index contributed by atoms with van der Waals surface area (Å²) >= 11 is 12.2. The van der Waals surface area contributed by atoms with Crippen molar-refractivity contribution in [1.82, 2.24) is 9.21 Å². The standard InChI is InChI=1S/C25H25Cl2N3O5S2/c1-19-7-10-22(11-8-19)36(32,33)29-15-13-28(14-16-29)25(31)18-30(20-9-12-23(26)24(27)17-20)37(34,35)21-5-3-2-4-6-21/h2-12,17H,13-16,18H2,1H3. The molecule has 8 nitrogen and oxygen atoms in total. The first kappa shape index (κ1) is 27.4. The fourth-order valence-corrected chi connectivity index (χ4v) is 7.08. The highest BCUT2D eigenvalue weighted by atomic mass is 35.5. The number of hydrogen-bond donors (Lipinski definition) is 0. The minimum Gasteiger partial charge on any atom is -0.338 e. The van der Waals surface area contributed by atoms with Gasteiger partial charge in [0, 0.05) is 26.2 Å². The maximum absolute atomic E-state index is 13.5. The normalized spacial score (nSPS) is 14.9. The first-order valence-corrected chi connectivity index (χ1v) is 15.0. The number of aryl methyl sites for hydroxylation is 1. The molecule has 196 valence electrons. The van der Waals surface area contributed by atoms with Gasteiger partial charge in [-0.15, -0.1) is 0 Å². The van der Waals surface area contributed by atoms with Crippen molar-refractivity contribution < 1.29 is 21.6 Å². The number of nitrogens with zero attached hydrogens (tertiary/aromatic N) is 3. The van der Waals surface area contributed by atoms with E-state index in [1.54, 1.807) is 42.5 Å². The van der Waals surface area contributed by atoms with E-state index in [9.17, 15) is 21.6 Å². The summed E-state index contributed by atoms with van der Waals surface area (Å²) in [7, 11) is -7.81. The molecule has 1 fully saturated rings. The third-order valence-corrected chi connectivity index (χ3v) is 10.5. The maximum Gasteiger partial charge on any atom is 0.264 e. The molecule has 0 N–H and O–H groups in total. The zero-order valence-electron chi connectivity index (χ0n) is 19.9. The first-order valence-electron chi connectivity index (χ1n) is 11.4. The van der Waals surface area contributed by atoms with Gasteiger partial charge in [0.15, 0.2) is 0 Å². The minimum atomic E-state index is -4.11. The Morgan fingerprint density at radius 2 is 1.43 bits per heavy atom. The van der Waals surface area contributed by atoms with E-state index in [4.69, 9.17) is 23.2 Å². The average molecular weight is 583 g/mol. The number of hydrogen-bond acceptors (Lipinski definition) is 5. The molecule has 12 heteroatoms. The molecule has 3 aromatic carbocycles. The van der Waals surface area contributed by atoms with Crippen molar-refractivity contribution in [3.63, 3.8) is 0 Å². The summed E-state index contributed by atoms with van der Waals surface area (Å²) in [4.78, 5) is 14.9. The van der Waals surface area contributed by atoms with Gasteiger partial charge in [0.05, 0.1) is 25.5 Å². The van der Waals surface area contributed by atoms with Gasteiger partial charge < -0.3 is 4.90 Å². The molecule has 0 saturated carbocycles. The molecule has 1 saturated heterocycles. The van der Waals surface area contributed by atoms with Crippen molar-refractivity contribution in [1.29, 1.82) is 0 Å². The van der Waals surface area contributed by atoms with Gasteiger partial charge in [0.25, 0.3) is 10.0 Å². The molecule has 1 heterocycles. The van der Waals surface area contributed by atoms with E-state index in [2.05, 4.69) is 0 Å². The molecule has 0 bridgehead atoms. The summed E-state index contributed by atoms with van der Waals surface area (Å²) in [5.41, 5.74) is 1.14. The topological polar surface area (TPSA) is 95.1 Å². The lowest BCUT2D eigenvalue weighted by Crippen LogP contribution is -2.53. The van der Waals surface area contributed by atoms with Crippen molar-refractivity contribution in [3.05, 3.63) is 88.4 Å². The highest BCUT2D eigenvalue weighted by molar-refractivity contribution is 7.92. The fraction of sp³-hybridized carbons (Fsp3) is 0.240. The smallest absolute Gasteiger partial charge is 0.264 e. The van der Waals surface area contributed by atoms with Crippen LogP contribution in [0, 0.1) is 6.92 Å². The van der Waals surface area contributed by atoms with E-state index in [0.717, 1.165) is 9.87 Å². The lowest BCUT2D eigenvalue weighted by molar-refractivity contribution is -0.130. The van der Waals surface area contributed by atoms with Crippen LogP contribution in [0.4, 0.5) is 5.69 Å². The summed E-state index contributed by atoms with van der Waals surface area (Å²) in [6.45, 7) is 1.84. The average Bonchev–Trinajstić information content (AvgIpc) is 2.89. The molecule has 0 atom stereocenters. The van der Waals surface area contributed by atoms with Crippen LogP contribution in [0.3, 0.4) is 0 Å².